The molecule has 0 bridgehead atoms. The van der Waals surface area contributed by atoms with E-state index in [2.05, 4.69) is 34.7 Å². The molecule has 2 N–H and O–H groups in total. The van der Waals surface area contributed by atoms with E-state index >= 15 is 0 Å². The summed E-state index contributed by atoms with van der Waals surface area (Å²) in [6.45, 7) is 1.62. The molecule has 0 fully saturated rings. The summed E-state index contributed by atoms with van der Waals surface area (Å²) in [5.41, 5.74) is 4.39. The third-order valence-electron chi connectivity index (χ3n) is 3.64. The molecule has 0 radical (unpaired) electrons. The Balaban J connectivity index is 1.58. The van der Waals surface area contributed by atoms with E-state index in [0.717, 1.165) is 29.9 Å². The molecule has 4 heteroatoms. The van der Waals surface area contributed by atoms with Gasteiger partial charge in [-0.25, -0.2) is 4.68 Å². The third kappa shape index (κ3) is 3.42. The molecule has 0 spiro atoms. The van der Waals surface area contributed by atoms with Gasteiger partial charge in [0.2, 0.25) is 0 Å². The van der Waals surface area contributed by atoms with Crippen molar-refractivity contribution < 1.29 is 5.11 Å². The summed E-state index contributed by atoms with van der Waals surface area (Å²) >= 11 is 0. The molecule has 0 aliphatic heterocycles. The zero-order valence-corrected chi connectivity index (χ0v) is 12.3. The van der Waals surface area contributed by atoms with E-state index in [9.17, 15) is 5.11 Å². The molecule has 1 aromatic heterocycles. The zero-order valence-electron chi connectivity index (χ0n) is 12.3. The topological polar surface area (TPSA) is 50.1 Å². The van der Waals surface area contributed by atoms with Gasteiger partial charge in [0, 0.05) is 25.5 Å². The van der Waals surface area contributed by atoms with Crippen LogP contribution in [0.2, 0.25) is 0 Å². The summed E-state index contributed by atoms with van der Waals surface area (Å²) in [5, 5.41) is 16.9. The van der Waals surface area contributed by atoms with Crippen LogP contribution < -0.4 is 5.32 Å². The Bertz CT molecular complexity index is 705. The highest BCUT2D eigenvalue weighted by atomic mass is 16.3. The van der Waals surface area contributed by atoms with Crippen LogP contribution >= 0.6 is 0 Å². The van der Waals surface area contributed by atoms with Gasteiger partial charge in [0.15, 0.2) is 0 Å². The normalized spacial score (nSPS) is 10.8. The molecule has 3 rings (SSSR count). The number of hydrogen-bond acceptors (Lipinski definition) is 3. The van der Waals surface area contributed by atoms with Crippen molar-refractivity contribution in [3.63, 3.8) is 0 Å². The lowest BCUT2D eigenvalue weighted by Gasteiger charge is -2.09. The largest absolute Gasteiger partial charge is 0.392 e. The summed E-state index contributed by atoms with van der Waals surface area (Å²) in [5.74, 6) is 0. The quantitative estimate of drug-likeness (QED) is 0.734. The maximum atomic E-state index is 9.32. The predicted molar refractivity (Wildman–Crippen MR) is 86.5 cm³/mol. The number of nitrogens with one attached hydrogen (secondary N) is 1. The van der Waals surface area contributed by atoms with Gasteiger partial charge in [0.1, 0.15) is 0 Å². The van der Waals surface area contributed by atoms with Crippen molar-refractivity contribution in [1.29, 1.82) is 0 Å². The first-order valence-corrected chi connectivity index (χ1v) is 7.34. The van der Waals surface area contributed by atoms with E-state index in [0.29, 0.717) is 0 Å². The second-order valence-corrected chi connectivity index (χ2v) is 5.15. The van der Waals surface area contributed by atoms with Gasteiger partial charge in [-0.2, -0.15) is 5.10 Å². The fourth-order valence-electron chi connectivity index (χ4n) is 2.41. The second-order valence-electron chi connectivity index (χ2n) is 5.15. The van der Waals surface area contributed by atoms with Crippen molar-refractivity contribution in [2.24, 2.45) is 0 Å². The standard InChI is InChI=1S/C18H19N3O/c22-14-17-5-2-1-4-16(17)13-19-12-15-6-8-18(9-7-15)21-11-3-10-20-21/h1-11,19,22H,12-14H2. The van der Waals surface area contributed by atoms with Crippen LogP contribution in [0, 0.1) is 0 Å². The number of hydrogen-bond donors (Lipinski definition) is 2. The Morgan fingerprint density at radius 2 is 1.68 bits per heavy atom. The number of aliphatic hydroxyl groups excluding tert-OH is 1. The number of nitrogens with zero attached hydrogens (tertiary/aromatic N) is 2. The van der Waals surface area contributed by atoms with Gasteiger partial charge in [0.25, 0.3) is 0 Å². The van der Waals surface area contributed by atoms with Crippen LogP contribution in [0.4, 0.5) is 0 Å². The molecule has 0 amide bonds. The molecular formula is C18H19N3O. The Hall–Kier alpha value is -2.43. The molecule has 112 valence electrons. The number of rotatable bonds is 6. The molecule has 0 saturated heterocycles. The van der Waals surface area contributed by atoms with Crippen molar-refractivity contribution in [3.8, 4) is 5.69 Å². The van der Waals surface area contributed by atoms with Gasteiger partial charge in [-0.05, 0) is 34.9 Å². The first-order chi connectivity index (χ1) is 10.9. The Kier molecular flexibility index (Phi) is 4.63. The van der Waals surface area contributed by atoms with Gasteiger partial charge < -0.3 is 10.4 Å². The van der Waals surface area contributed by atoms with Gasteiger partial charge >= 0.3 is 0 Å². The SMILES string of the molecule is OCc1ccccc1CNCc1ccc(-n2cccn2)cc1. The van der Waals surface area contributed by atoms with Gasteiger partial charge in [-0.1, -0.05) is 36.4 Å². The molecule has 0 aliphatic rings. The number of aromatic nitrogens is 2. The summed E-state index contributed by atoms with van der Waals surface area (Å²) in [7, 11) is 0. The molecule has 0 unspecified atom stereocenters. The average molecular weight is 293 g/mol. The zero-order chi connectivity index (χ0) is 15.2. The monoisotopic (exact) mass is 293 g/mol. The van der Waals surface area contributed by atoms with Gasteiger partial charge in [-0.3, -0.25) is 0 Å². The van der Waals surface area contributed by atoms with Crippen molar-refractivity contribution >= 4 is 0 Å². The fourth-order valence-corrected chi connectivity index (χ4v) is 2.41. The Labute approximate surface area is 130 Å². The molecule has 3 aromatic rings. The molecule has 4 nitrogen and oxygen atoms in total. The highest BCUT2D eigenvalue weighted by Gasteiger charge is 2.01. The molecule has 2 aromatic carbocycles. The van der Waals surface area contributed by atoms with Crippen LogP contribution in [-0.2, 0) is 19.7 Å². The van der Waals surface area contributed by atoms with Crippen molar-refractivity contribution in [3.05, 3.63) is 83.7 Å². The summed E-state index contributed by atoms with van der Waals surface area (Å²) in [4.78, 5) is 0. The Morgan fingerprint density at radius 3 is 2.36 bits per heavy atom. The minimum atomic E-state index is 0.0798. The minimum absolute atomic E-state index is 0.0798. The van der Waals surface area contributed by atoms with Crippen LogP contribution in [0.5, 0.6) is 0 Å². The molecule has 0 atom stereocenters. The smallest absolute Gasteiger partial charge is 0.0685 e. The number of aliphatic hydroxyl groups is 1. The lowest BCUT2D eigenvalue weighted by atomic mass is 10.1. The Morgan fingerprint density at radius 1 is 0.909 bits per heavy atom. The molecule has 0 aliphatic carbocycles. The predicted octanol–water partition coefficient (Wildman–Crippen LogP) is 2.65. The summed E-state index contributed by atoms with van der Waals surface area (Å²) in [6.07, 6.45) is 3.70. The molecule has 1 heterocycles. The maximum Gasteiger partial charge on any atom is 0.0685 e. The summed E-state index contributed by atoms with van der Waals surface area (Å²) in [6, 6.07) is 18.2. The van der Waals surface area contributed by atoms with E-state index in [1.807, 2.05) is 41.2 Å². The van der Waals surface area contributed by atoms with E-state index in [1.54, 1.807) is 6.20 Å². The van der Waals surface area contributed by atoms with E-state index in [-0.39, 0.29) is 6.61 Å². The van der Waals surface area contributed by atoms with Crippen molar-refractivity contribution in [2.45, 2.75) is 19.7 Å². The lowest BCUT2D eigenvalue weighted by molar-refractivity contribution is 0.280. The van der Waals surface area contributed by atoms with Crippen LogP contribution in [0.15, 0.2) is 67.0 Å². The first kappa shape index (κ1) is 14.5. The molecule has 0 saturated carbocycles. The van der Waals surface area contributed by atoms with Crippen LogP contribution in [-0.4, -0.2) is 14.9 Å². The maximum absolute atomic E-state index is 9.32. The highest BCUT2D eigenvalue weighted by molar-refractivity contribution is 5.33. The molecular weight excluding hydrogens is 274 g/mol. The summed E-state index contributed by atoms with van der Waals surface area (Å²) < 4.78 is 1.84. The molecule has 22 heavy (non-hydrogen) atoms. The van der Waals surface area contributed by atoms with Crippen LogP contribution in [0.25, 0.3) is 5.69 Å². The second kappa shape index (κ2) is 7.02. The van der Waals surface area contributed by atoms with Gasteiger partial charge in [-0.15, -0.1) is 0 Å². The minimum Gasteiger partial charge on any atom is -0.392 e. The highest BCUT2D eigenvalue weighted by Crippen LogP contribution is 2.10. The van der Waals surface area contributed by atoms with E-state index in [1.165, 1.54) is 5.56 Å². The third-order valence-corrected chi connectivity index (χ3v) is 3.64. The van der Waals surface area contributed by atoms with Crippen molar-refractivity contribution in [2.75, 3.05) is 0 Å². The fraction of sp³-hybridized carbons (Fsp3) is 0.167. The van der Waals surface area contributed by atoms with E-state index < -0.39 is 0 Å². The first-order valence-electron chi connectivity index (χ1n) is 7.34. The number of benzene rings is 2. The van der Waals surface area contributed by atoms with Crippen LogP contribution in [0.1, 0.15) is 16.7 Å². The van der Waals surface area contributed by atoms with Gasteiger partial charge in [0.05, 0.1) is 12.3 Å². The lowest BCUT2D eigenvalue weighted by Crippen LogP contribution is -2.14. The van der Waals surface area contributed by atoms with Crippen LogP contribution in [0.3, 0.4) is 0 Å². The van der Waals surface area contributed by atoms with E-state index in [4.69, 9.17) is 0 Å². The average Bonchev–Trinajstić information content (AvgIpc) is 3.10. The van der Waals surface area contributed by atoms with Crippen molar-refractivity contribution in [1.82, 2.24) is 15.1 Å².